The molecule has 0 saturated heterocycles. The van der Waals surface area contributed by atoms with E-state index in [2.05, 4.69) is 5.32 Å². The molecule has 0 bridgehead atoms. The van der Waals surface area contributed by atoms with Crippen molar-refractivity contribution in [3.63, 3.8) is 0 Å². The molecule has 2 rings (SSSR count). The fourth-order valence-corrected chi connectivity index (χ4v) is 1.58. The summed E-state index contributed by atoms with van der Waals surface area (Å²) >= 11 is 0. The summed E-state index contributed by atoms with van der Waals surface area (Å²) in [4.78, 5) is 20.1. The van der Waals surface area contributed by atoms with Gasteiger partial charge in [-0.3, -0.25) is 20.2 Å². The van der Waals surface area contributed by atoms with Crippen LogP contribution in [0.4, 0.5) is 22.7 Å². The second-order valence-electron chi connectivity index (χ2n) is 3.87. The Hall–Kier alpha value is -2.16. The van der Waals surface area contributed by atoms with Gasteiger partial charge in [-0.05, 0) is 18.2 Å². The van der Waals surface area contributed by atoms with Crippen molar-refractivity contribution >= 4 is 22.7 Å². The fraction of sp³-hybridized carbons (Fsp3) is 0. The summed E-state index contributed by atoms with van der Waals surface area (Å²) in [5.41, 5.74) is -0.191. The third-order valence-corrected chi connectivity index (χ3v) is 2.52. The summed E-state index contributed by atoms with van der Waals surface area (Å²) in [6.45, 7) is 0. The molecule has 0 heterocycles. The van der Waals surface area contributed by atoms with Crippen molar-refractivity contribution in [2.45, 2.75) is 0 Å². The van der Waals surface area contributed by atoms with E-state index in [1.807, 2.05) is 0 Å². The predicted molar refractivity (Wildman–Crippen MR) is 68.9 cm³/mol. The smallest absolute Gasteiger partial charge is 0.872 e. The van der Waals surface area contributed by atoms with Crippen molar-refractivity contribution in [2.75, 3.05) is 5.32 Å². The number of benzene rings is 2. The van der Waals surface area contributed by atoms with Crippen molar-refractivity contribution in [3.8, 4) is 5.75 Å². The van der Waals surface area contributed by atoms with Gasteiger partial charge < -0.3 is 10.4 Å². The Bertz CT molecular complexity index is 675. The Morgan fingerprint density at radius 2 is 1.52 bits per heavy atom. The quantitative estimate of drug-likeness (QED) is 0.453. The van der Waals surface area contributed by atoms with Crippen molar-refractivity contribution in [1.82, 2.24) is 0 Å². The first kappa shape index (κ1) is 16.9. The maximum absolute atomic E-state index is 11.0. The van der Waals surface area contributed by atoms with Crippen LogP contribution in [0.25, 0.3) is 0 Å². The normalized spacial score (nSPS) is 9.52. The van der Waals surface area contributed by atoms with Crippen LogP contribution >= 0.6 is 0 Å². The number of rotatable bonds is 4. The first-order chi connectivity index (χ1) is 9.47. The molecule has 0 aromatic heterocycles. The van der Waals surface area contributed by atoms with Gasteiger partial charge in [-0.2, -0.15) is 0 Å². The zero-order valence-electron chi connectivity index (χ0n) is 11.0. The third-order valence-electron chi connectivity index (χ3n) is 2.52. The molecule has 8 nitrogen and oxygen atoms in total. The van der Waals surface area contributed by atoms with Gasteiger partial charge in [0.2, 0.25) is 0 Å². The van der Waals surface area contributed by atoms with Crippen LogP contribution in [0.3, 0.4) is 0 Å². The number of hydrogen-bond acceptors (Lipinski definition) is 6. The molecular weight excluding hydrogens is 289 g/mol. The molecule has 0 aliphatic rings. The Labute approximate surface area is 141 Å². The number of nitrogens with zero attached hydrogens (tertiary/aromatic N) is 2. The second-order valence-corrected chi connectivity index (χ2v) is 3.87. The van der Waals surface area contributed by atoms with Crippen LogP contribution < -0.4 is 40.0 Å². The van der Waals surface area contributed by atoms with Crippen LogP contribution in [0, 0.1) is 20.2 Å². The van der Waals surface area contributed by atoms with Crippen LogP contribution in [-0.4, -0.2) is 9.85 Å². The van der Waals surface area contributed by atoms with Crippen molar-refractivity contribution in [3.05, 3.63) is 62.7 Å². The molecule has 0 amide bonds. The van der Waals surface area contributed by atoms with E-state index in [0.29, 0.717) is 5.69 Å². The molecular formula is C12H8N3NaO5. The summed E-state index contributed by atoms with van der Waals surface area (Å²) in [5, 5.41) is 35.2. The fourth-order valence-electron chi connectivity index (χ4n) is 1.58. The largest absolute Gasteiger partial charge is 1.00 e. The van der Waals surface area contributed by atoms with E-state index in [0.717, 1.165) is 12.1 Å². The molecule has 0 fully saturated rings. The minimum atomic E-state index is -0.711. The van der Waals surface area contributed by atoms with Crippen LogP contribution in [0.5, 0.6) is 5.75 Å². The molecule has 21 heavy (non-hydrogen) atoms. The van der Waals surface area contributed by atoms with E-state index in [4.69, 9.17) is 0 Å². The van der Waals surface area contributed by atoms with Gasteiger partial charge in [0.15, 0.2) is 0 Å². The van der Waals surface area contributed by atoms with E-state index in [9.17, 15) is 25.3 Å². The van der Waals surface area contributed by atoms with Crippen LogP contribution in [0.1, 0.15) is 0 Å². The van der Waals surface area contributed by atoms with Gasteiger partial charge in [-0.25, -0.2) is 0 Å². The standard InChI is InChI=1S/C12H9N3O5.Na/c16-10-4-1-8(2-5-10)13-11-6-3-9(14(17)18)7-12(11)15(19)20;/h1-7,13,16H;/q;+1/p-1. The number of hydrogen-bond donors (Lipinski definition) is 1. The summed E-state index contributed by atoms with van der Waals surface area (Å²) in [5.74, 6) is -0.186. The maximum Gasteiger partial charge on any atom is 1.00 e. The summed E-state index contributed by atoms with van der Waals surface area (Å²) < 4.78 is 0. The van der Waals surface area contributed by atoms with Gasteiger partial charge in [0.1, 0.15) is 5.69 Å². The average Bonchev–Trinajstić information content (AvgIpc) is 2.41. The van der Waals surface area contributed by atoms with Crippen LogP contribution in [0.2, 0.25) is 0 Å². The number of nitro groups is 2. The minimum absolute atomic E-state index is 0. The number of anilines is 2. The number of nitro benzene ring substituents is 2. The van der Waals surface area contributed by atoms with E-state index in [-0.39, 0.29) is 46.7 Å². The van der Waals surface area contributed by atoms with E-state index in [1.165, 1.54) is 30.3 Å². The van der Waals surface area contributed by atoms with Gasteiger partial charge in [-0.1, -0.05) is 12.1 Å². The molecule has 0 spiro atoms. The molecule has 9 heteroatoms. The Kier molecular flexibility index (Phi) is 5.65. The van der Waals surface area contributed by atoms with E-state index < -0.39 is 15.5 Å². The molecule has 2 aromatic carbocycles. The summed E-state index contributed by atoms with van der Waals surface area (Å²) in [6, 6.07) is 8.84. The molecule has 0 atom stereocenters. The SMILES string of the molecule is O=[N+]([O-])c1ccc(Nc2ccc([O-])cc2)c([N+](=O)[O-])c1.[Na+]. The topological polar surface area (TPSA) is 121 Å². The first-order valence-electron chi connectivity index (χ1n) is 5.44. The molecule has 0 radical (unpaired) electrons. The van der Waals surface area contributed by atoms with Crippen LogP contribution in [0.15, 0.2) is 42.5 Å². The minimum Gasteiger partial charge on any atom is -0.872 e. The Balaban J connectivity index is 0.00000220. The second kappa shape index (κ2) is 7.02. The van der Waals surface area contributed by atoms with Gasteiger partial charge in [-0.15, -0.1) is 5.75 Å². The molecule has 2 aromatic rings. The van der Waals surface area contributed by atoms with Crippen molar-refractivity contribution in [2.24, 2.45) is 0 Å². The summed E-state index contributed by atoms with van der Waals surface area (Å²) in [7, 11) is 0. The average molecular weight is 297 g/mol. The zero-order chi connectivity index (χ0) is 14.7. The Morgan fingerprint density at radius 1 is 0.905 bits per heavy atom. The van der Waals surface area contributed by atoms with Gasteiger partial charge in [0.05, 0.1) is 15.9 Å². The van der Waals surface area contributed by atoms with E-state index in [1.54, 1.807) is 0 Å². The molecule has 102 valence electrons. The first-order valence-corrected chi connectivity index (χ1v) is 5.44. The molecule has 0 saturated carbocycles. The molecule has 0 unspecified atom stereocenters. The van der Waals surface area contributed by atoms with Crippen molar-refractivity contribution < 1.29 is 44.5 Å². The van der Waals surface area contributed by atoms with Gasteiger partial charge in [0, 0.05) is 11.8 Å². The monoisotopic (exact) mass is 297 g/mol. The molecule has 0 aliphatic carbocycles. The molecule has 1 N–H and O–H groups in total. The predicted octanol–water partition coefficient (Wildman–Crippen LogP) is -0.676. The third kappa shape index (κ3) is 4.15. The van der Waals surface area contributed by atoms with Crippen LogP contribution in [-0.2, 0) is 0 Å². The number of nitrogens with one attached hydrogen (secondary N) is 1. The number of non-ortho nitro benzene ring substituents is 1. The van der Waals surface area contributed by atoms with Gasteiger partial charge >= 0.3 is 29.6 Å². The Morgan fingerprint density at radius 3 is 2.05 bits per heavy atom. The zero-order valence-corrected chi connectivity index (χ0v) is 13.0. The van der Waals surface area contributed by atoms with E-state index >= 15 is 0 Å². The van der Waals surface area contributed by atoms with Gasteiger partial charge in [0.25, 0.3) is 11.4 Å². The molecule has 0 aliphatic heterocycles. The van der Waals surface area contributed by atoms with Crippen molar-refractivity contribution in [1.29, 1.82) is 0 Å². The summed E-state index contributed by atoms with van der Waals surface area (Å²) in [6.07, 6.45) is 0. The maximum atomic E-state index is 11.0.